The van der Waals surface area contributed by atoms with Crippen LogP contribution in [0.1, 0.15) is 16.7 Å². The first-order valence-corrected chi connectivity index (χ1v) is 8.41. The summed E-state index contributed by atoms with van der Waals surface area (Å²) in [6.45, 7) is 3.80. The molecule has 0 saturated carbocycles. The van der Waals surface area contributed by atoms with Crippen LogP contribution in [0.4, 0.5) is 5.69 Å². The molecular weight excluding hydrogens is 362 g/mol. The molecular formula is C20H23N3O5. The number of hydrogen-bond acceptors (Lipinski definition) is 6. The summed E-state index contributed by atoms with van der Waals surface area (Å²) in [5, 5.41) is 6.37. The highest BCUT2D eigenvalue weighted by Crippen LogP contribution is 2.37. The predicted octanol–water partition coefficient (Wildman–Crippen LogP) is 2.42. The highest BCUT2D eigenvalue weighted by atomic mass is 16.5. The first-order valence-electron chi connectivity index (χ1n) is 8.41. The van der Waals surface area contributed by atoms with Gasteiger partial charge in [-0.3, -0.25) is 9.59 Å². The van der Waals surface area contributed by atoms with E-state index in [1.54, 1.807) is 18.2 Å². The molecule has 28 heavy (non-hydrogen) atoms. The third-order valence-electron chi connectivity index (χ3n) is 3.90. The number of carbonyl (C=O) groups excluding carboxylic acids is 2. The fourth-order valence-electron chi connectivity index (χ4n) is 2.53. The molecule has 8 heteroatoms. The van der Waals surface area contributed by atoms with Crippen LogP contribution < -0.4 is 25.0 Å². The molecule has 0 aromatic heterocycles. The maximum atomic E-state index is 12.0. The molecule has 148 valence electrons. The minimum atomic E-state index is -0.885. The number of methoxy groups -OCH3 is 3. The second-order valence-corrected chi connectivity index (χ2v) is 5.93. The Morgan fingerprint density at radius 3 is 2.11 bits per heavy atom. The molecule has 0 saturated heterocycles. The number of ether oxygens (including phenoxy) is 3. The molecule has 2 aromatic rings. The van der Waals surface area contributed by atoms with Crippen molar-refractivity contribution in [1.29, 1.82) is 0 Å². The fourth-order valence-corrected chi connectivity index (χ4v) is 2.53. The van der Waals surface area contributed by atoms with E-state index in [1.807, 2.05) is 26.0 Å². The van der Waals surface area contributed by atoms with Crippen molar-refractivity contribution in [3.05, 3.63) is 47.0 Å². The number of hydrazone groups is 1. The van der Waals surface area contributed by atoms with Crippen LogP contribution in [0.3, 0.4) is 0 Å². The number of nitrogens with zero attached hydrogens (tertiary/aromatic N) is 1. The summed E-state index contributed by atoms with van der Waals surface area (Å²) in [5.41, 5.74) is 5.28. The van der Waals surface area contributed by atoms with Gasteiger partial charge < -0.3 is 19.5 Å². The summed E-state index contributed by atoms with van der Waals surface area (Å²) < 4.78 is 15.7. The van der Waals surface area contributed by atoms with Gasteiger partial charge in [-0.2, -0.15) is 5.10 Å². The third-order valence-corrected chi connectivity index (χ3v) is 3.90. The fraction of sp³-hybridized carbons (Fsp3) is 0.250. The van der Waals surface area contributed by atoms with Gasteiger partial charge in [0.15, 0.2) is 11.5 Å². The normalized spacial score (nSPS) is 10.5. The van der Waals surface area contributed by atoms with Crippen molar-refractivity contribution in [3.8, 4) is 17.2 Å². The van der Waals surface area contributed by atoms with Crippen molar-refractivity contribution < 1.29 is 23.8 Å². The van der Waals surface area contributed by atoms with Crippen molar-refractivity contribution in [2.75, 3.05) is 26.6 Å². The lowest BCUT2D eigenvalue weighted by molar-refractivity contribution is -0.136. The lowest BCUT2D eigenvalue weighted by Crippen LogP contribution is -2.32. The van der Waals surface area contributed by atoms with Gasteiger partial charge in [-0.25, -0.2) is 5.43 Å². The number of rotatable bonds is 6. The number of hydrogen-bond donors (Lipinski definition) is 2. The summed E-state index contributed by atoms with van der Waals surface area (Å²) in [7, 11) is 4.50. The van der Waals surface area contributed by atoms with Gasteiger partial charge in [-0.05, 0) is 37.6 Å². The summed E-state index contributed by atoms with van der Waals surface area (Å²) in [6, 6.07) is 8.83. The SMILES string of the molecule is COc1cc(/C=N/NC(=O)C(=O)Nc2ccc(C)cc2C)cc(OC)c1OC. The maximum Gasteiger partial charge on any atom is 0.329 e. The highest BCUT2D eigenvalue weighted by molar-refractivity contribution is 6.39. The Morgan fingerprint density at radius 2 is 1.57 bits per heavy atom. The van der Waals surface area contributed by atoms with Crippen LogP contribution in [0, 0.1) is 13.8 Å². The molecule has 0 unspecified atom stereocenters. The summed E-state index contributed by atoms with van der Waals surface area (Å²) >= 11 is 0. The standard InChI is InChI=1S/C20H23N3O5/c1-12-6-7-15(13(2)8-12)22-19(24)20(25)23-21-11-14-9-16(26-3)18(28-5)17(10-14)27-4/h6-11H,1-5H3,(H,22,24)(H,23,25)/b21-11+. The first kappa shape index (κ1) is 20.8. The maximum absolute atomic E-state index is 12.0. The average Bonchev–Trinajstić information content (AvgIpc) is 2.68. The van der Waals surface area contributed by atoms with Crippen molar-refractivity contribution in [2.45, 2.75) is 13.8 Å². The van der Waals surface area contributed by atoms with E-state index in [0.717, 1.165) is 11.1 Å². The molecule has 0 bridgehead atoms. The molecule has 0 spiro atoms. The molecule has 0 heterocycles. The van der Waals surface area contributed by atoms with E-state index in [4.69, 9.17) is 14.2 Å². The van der Waals surface area contributed by atoms with E-state index in [9.17, 15) is 9.59 Å². The number of amides is 2. The molecule has 2 aromatic carbocycles. The largest absolute Gasteiger partial charge is 0.493 e. The van der Waals surface area contributed by atoms with Crippen molar-refractivity contribution >= 4 is 23.7 Å². The van der Waals surface area contributed by atoms with E-state index in [0.29, 0.717) is 28.5 Å². The monoisotopic (exact) mass is 385 g/mol. The lowest BCUT2D eigenvalue weighted by Gasteiger charge is -2.12. The van der Waals surface area contributed by atoms with Gasteiger partial charge in [0.1, 0.15) is 0 Å². The molecule has 2 N–H and O–H groups in total. The summed E-state index contributed by atoms with van der Waals surface area (Å²) in [6.07, 6.45) is 1.37. The van der Waals surface area contributed by atoms with E-state index in [1.165, 1.54) is 27.5 Å². The quantitative estimate of drug-likeness (QED) is 0.452. The van der Waals surface area contributed by atoms with Crippen molar-refractivity contribution in [3.63, 3.8) is 0 Å². The lowest BCUT2D eigenvalue weighted by atomic mass is 10.1. The molecule has 2 amide bonds. The van der Waals surface area contributed by atoms with E-state index < -0.39 is 11.8 Å². The van der Waals surface area contributed by atoms with Gasteiger partial charge in [-0.15, -0.1) is 0 Å². The highest BCUT2D eigenvalue weighted by Gasteiger charge is 2.15. The van der Waals surface area contributed by atoms with Crippen LogP contribution in [0.2, 0.25) is 0 Å². The molecule has 0 aliphatic heterocycles. The van der Waals surface area contributed by atoms with Crippen LogP contribution in [-0.4, -0.2) is 39.4 Å². The molecule has 0 fully saturated rings. The zero-order valence-corrected chi connectivity index (χ0v) is 16.5. The van der Waals surface area contributed by atoms with Gasteiger partial charge in [0.2, 0.25) is 5.75 Å². The van der Waals surface area contributed by atoms with Gasteiger partial charge in [0, 0.05) is 11.3 Å². The Hall–Kier alpha value is -3.55. The predicted molar refractivity (Wildman–Crippen MR) is 106 cm³/mol. The number of anilines is 1. The molecule has 0 aliphatic rings. The Bertz CT molecular complexity index is 884. The minimum absolute atomic E-state index is 0.444. The topological polar surface area (TPSA) is 98.2 Å². The van der Waals surface area contributed by atoms with Crippen LogP contribution >= 0.6 is 0 Å². The van der Waals surface area contributed by atoms with Gasteiger partial charge in [-0.1, -0.05) is 17.7 Å². The van der Waals surface area contributed by atoms with Crippen LogP contribution in [0.5, 0.6) is 17.2 Å². The number of carbonyl (C=O) groups is 2. The second kappa shape index (κ2) is 9.40. The van der Waals surface area contributed by atoms with Crippen LogP contribution in [-0.2, 0) is 9.59 Å². The zero-order chi connectivity index (χ0) is 20.7. The molecule has 8 nitrogen and oxygen atoms in total. The third kappa shape index (κ3) is 5.00. The van der Waals surface area contributed by atoms with Crippen LogP contribution in [0.15, 0.2) is 35.4 Å². The number of nitrogens with one attached hydrogen (secondary N) is 2. The molecule has 2 rings (SSSR count). The minimum Gasteiger partial charge on any atom is -0.493 e. The van der Waals surface area contributed by atoms with E-state index >= 15 is 0 Å². The Morgan fingerprint density at radius 1 is 0.929 bits per heavy atom. The molecule has 0 radical (unpaired) electrons. The van der Waals surface area contributed by atoms with Crippen LogP contribution in [0.25, 0.3) is 0 Å². The van der Waals surface area contributed by atoms with E-state index in [2.05, 4.69) is 15.8 Å². The number of benzene rings is 2. The van der Waals surface area contributed by atoms with Gasteiger partial charge in [0.25, 0.3) is 0 Å². The number of aryl methyl sites for hydroxylation is 2. The summed E-state index contributed by atoms with van der Waals surface area (Å²) in [5.74, 6) is -0.360. The Balaban J connectivity index is 2.05. The van der Waals surface area contributed by atoms with E-state index in [-0.39, 0.29) is 0 Å². The zero-order valence-electron chi connectivity index (χ0n) is 16.5. The molecule has 0 aliphatic carbocycles. The van der Waals surface area contributed by atoms with Gasteiger partial charge >= 0.3 is 11.8 Å². The smallest absolute Gasteiger partial charge is 0.329 e. The average molecular weight is 385 g/mol. The van der Waals surface area contributed by atoms with Crippen molar-refractivity contribution in [1.82, 2.24) is 5.43 Å². The summed E-state index contributed by atoms with van der Waals surface area (Å²) in [4.78, 5) is 24.0. The first-order chi connectivity index (χ1) is 13.4. The van der Waals surface area contributed by atoms with Gasteiger partial charge in [0.05, 0.1) is 27.5 Å². The molecule has 0 atom stereocenters. The Labute approximate surface area is 163 Å². The van der Waals surface area contributed by atoms with Crippen molar-refractivity contribution in [2.24, 2.45) is 5.10 Å². The Kier molecular flexibility index (Phi) is 6.97. The second-order valence-electron chi connectivity index (χ2n) is 5.93.